The first kappa shape index (κ1) is 15.7. The molecule has 0 saturated heterocycles. The second-order valence-corrected chi connectivity index (χ2v) is 6.73. The summed E-state index contributed by atoms with van der Waals surface area (Å²) >= 11 is 0. The number of aromatic nitrogens is 8. The van der Waals surface area contributed by atoms with Gasteiger partial charge in [0.15, 0.2) is 5.65 Å². The van der Waals surface area contributed by atoms with E-state index < -0.39 is 0 Å². The molecule has 0 unspecified atom stereocenters. The third-order valence-electron chi connectivity index (χ3n) is 5.01. The van der Waals surface area contributed by atoms with Crippen molar-refractivity contribution in [3.8, 4) is 33.6 Å². The molecule has 29 heavy (non-hydrogen) atoms. The molecule has 0 aliphatic heterocycles. The molecule has 6 aromatic heterocycles. The van der Waals surface area contributed by atoms with Gasteiger partial charge in [-0.2, -0.15) is 10.2 Å². The zero-order chi connectivity index (χ0) is 19.2. The molecule has 0 aromatic carbocycles. The maximum absolute atomic E-state index is 4.50. The van der Waals surface area contributed by atoms with Crippen LogP contribution in [-0.2, 0) is 0 Å². The number of aromatic amines is 3. The Labute approximate surface area is 164 Å². The molecule has 0 amide bonds. The van der Waals surface area contributed by atoms with E-state index in [2.05, 4.69) is 52.5 Å². The van der Waals surface area contributed by atoms with Crippen LogP contribution in [0.3, 0.4) is 0 Å². The summed E-state index contributed by atoms with van der Waals surface area (Å²) in [5.41, 5.74) is 7.30. The van der Waals surface area contributed by atoms with E-state index in [4.69, 9.17) is 0 Å². The van der Waals surface area contributed by atoms with Gasteiger partial charge in [0.1, 0.15) is 5.65 Å². The number of rotatable bonds is 3. The fourth-order valence-electron chi connectivity index (χ4n) is 3.61. The normalized spacial score (nSPS) is 11.4. The van der Waals surface area contributed by atoms with Crippen molar-refractivity contribution in [2.75, 3.05) is 0 Å². The van der Waals surface area contributed by atoms with E-state index in [0.29, 0.717) is 5.65 Å². The molecule has 0 aliphatic carbocycles. The quantitative estimate of drug-likeness (QED) is 0.432. The molecule has 8 heteroatoms. The van der Waals surface area contributed by atoms with Crippen LogP contribution in [0.4, 0.5) is 0 Å². The zero-order valence-corrected chi connectivity index (χ0v) is 15.1. The second kappa shape index (κ2) is 6.10. The highest BCUT2D eigenvalue weighted by molar-refractivity contribution is 5.99. The van der Waals surface area contributed by atoms with Crippen molar-refractivity contribution in [2.45, 2.75) is 0 Å². The maximum atomic E-state index is 4.50. The summed E-state index contributed by atoms with van der Waals surface area (Å²) in [6.07, 6.45) is 10.8. The van der Waals surface area contributed by atoms with Crippen molar-refractivity contribution < 1.29 is 0 Å². The van der Waals surface area contributed by atoms with E-state index in [1.54, 1.807) is 24.8 Å². The Hall–Kier alpha value is -4.33. The Bertz CT molecular complexity index is 1440. The highest BCUT2D eigenvalue weighted by Crippen LogP contribution is 2.33. The standard InChI is InChI=1S/C21H14N8/c1-2-12(8-22-4-1)15-3-5-23-20-16(15)7-18(27-20)19-17-6-13(14-10-25-26-11-14)9-24-21(17)29-28-19/h1-11H,(H,23,27)(H,25,26)(H,24,28,29). The second-order valence-electron chi connectivity index (χ2n) is 6.73. The Morgan fingerprint density at radius 3 is 2.69 bits per heavy atom. The van der Waals surface area contributed by atoms with Gasteiger partial charge in [-0.25, -0.2) is 9.97 Å². The number of nitrogens with zero attached hydrogens (tertiary/aromatic N) is 5. The molecule has 0 spiro atoms. The zero-order valence-electron chi connectivity index (χ0n) is 15.1. The molecule has 138 valence electrons. The summed E-state index contributed by atoms with van der Waals surface area (Å²) in [6, 6.07) is 10.1. The van der Waals surface area contributed by atoms with Crippen LogP contribution in [0, 0.1) is 0 Å². The summed E-state index contributed by atoms with van der Waals surface area (Å²) in [5.74, 6) is 0. The number of hydrogen-bond acceptors (Lipinski definition) is 5. The number of H-pyrrole nitrogens is 3. The monoisotopic (exact) mass is 378 g/mol. The minimum atomic E-state index is 0.659. The van der Waals surface area contributed by atoms with Gasteiger partial charge >= 0.3 is 0 Å². The van der Waals surface area contributed by atoms with E-state index in [-0.39, 0.29) is 0 Å². The van der Waals surface area contributed by atoms with Gasteiger partial charge in [-0.05, 0) is 29.8 Å². The van der Waals surface area contributed by atoms with Crippen molar-refractivity contribution in [2.24, 2.45) is 0 Å². The first-order valence-electron chi connectivity index (χ1n) is 9.08. The Kier molecular flexibility index (Phi) is 3.30. The third kappa shape index (κ3) is 2.50. The Morgan fingerprint density at radius 2 is 1.83 bits per heavy atom. The lowest BCUT2D eigenvalue weighted by Crippen LogP contribution is -1.82. The fourth-order valence-corrected chi connectivity index (χ4v) is 3.61. The van der Waals surface area contributed by atoms with Crippen LogP contribution in [0.2, 0.25) is 0 Å². The predicted octanol–water partition coefficient (Wildman–Crippen LogP) is 3.95. The van der Waals surface area contributed by atoms with E-state index in [1.807, 2.05) is 30.6 Å². The van der Waals surface area contributed by atoms with Crippen molar-refractivity contribution in [3.05, 3.63) is 67.5 Å². The molecule has 0 saturated carbocycles. The van der Waals surface area contributed by atoms with E-state index >= 15 is 0 Å². The first-order valence-corrected chi connectivity index (χ1v) is 9.08. The molecule has 0 aliphatic rings. The SMILES string of the molecule is c1cncc(-c2ccnc3[nH]c(-c4[nH]nc5ncc(-c6cn[nH]c6)cc45)cc23)c1. The summed E-state index contributed by atoms with van der Waals surface area (Å²) in [5, 5.41) is 16.3. The van der Waals surface area contributed by atoms with Crippen LogP contribution in [0.25, 0.3) is 55.7 Å². The van der Waals surface area contributed by atoms with Crippen LogP contribution >= 0.6 is 0 Å². The van der Waals surface area contributed by atoms with Crippen LogP contribution < -0.4 is 0 Å². The topological polar surface area (TPSA) is 112 Å². The summed E-state index contributed by atoms with van der Waals surface area (Å²) in [4.78, 5) is 16.6. The lowest BCUT2D eigenvalue weighted by molar-refractivity contribution is 1.09. The summed E-state index contributed by atoms with van der Waals surface area (Å²) in [7, 11) is 0. The van der Waals surface area contributed by atoms with E-state index in [1.165, 1.54) is 0 Å². The lowest BCUT2D eigenvalue weighted by Gasteiger charge is -2.01. The third-order valence-corrected chi connectivity index (χ3v) is 5.01. The van der Waals surface area contributed by atoms with Gasteiger partial charge in [-0.3, -0.25) is 15.2 Å². The van der Waals surface area contributed by atoms with Crippen LogP contribution in [-0.4, -0.2) is 40.3 Å². The van der Waals surface area contributed by atoms with Gasteiger partial charge in [0.05, 0.1) is 17.6 Å². The van der Waals surface area contributed by atoms with Crippen molar-refractivity contribution in [1.29, 1.82) is 0 Å². The molecule has 0 radical (unpaired) electrons. The van der Waals surface area contributed by atoms with Gasteiger partial charge in [-0.1, -0.05) is 6.07 Å². The molecular formula is C21H14N8. The smallest absolute Gasteiger partial charge is 0.181 e. The summed E-state index contributed by atoms with van der Waals surface area (Å²) < 4.78 is 0. The van der Waals surface area contributed by atoms with Crippen molar-refractivity contribution >= 4 is 22.1 Å². The average Bonchev–Trinajstić information content (AvgIpc) is 3.52. The molecule has 0 bridgehead atoms. The number of hydrogen-bond donors (Lipinski definition) is 3. The van der Waals surface area contributed by atoms with Crippen LogP contribution in [0.1, 0.15) is 0 Å². The van der Waals surface area contributed by atoms with Crippen molar-refractivity contribution in [3.63, 3.8) is 0 Å². The summed E-state index contributed by atoms with van der Waals surface area (Å²) in [6.45, 7) is 0. The average molecular weight is 378 g/mol. The number of fused-ring (bicyclic) bond motifs is 2. The van der Waals surface area contributed by atoms with E-state index in [0.717, 1.165) is 50.1 Å². The molecule has 0 fully saturated rings. The molecular weight excluding hydrogens is 364 g/mol. The van der Waals surface area contributed by atoms with Gasteiger partial charge in [-0.15, -0.1) is 0 Å². The molecule has 3 N–H and O–H groups in total. The van der Waals surface area contributed by atoms with E-state index in [9.17, 15) is 0 Å². The Balaban J connectivity index is 1.54. The Morgan fingerprint density at radius 1 is 0.828 bits per heavy atom. The molecule has 0 atom stereocenters. The molecule has 8 nitrogen and oxygen atoms in total. The fraction of sp³-hybridized carbons (Fsp3) is 0. The minimum Gasteiger partial charge on any atom is -0.338 e. The van der Waals surface area contributed by atoms with Gasteiger partial charge in [0.2, 0.25) is 0 Å². The maximum Gasteiger partial charge on any atom is 0.181 e. The highest BCUT2D eigenvalue weighted by atomic mass is 15.2. The van der Waals surface area contributed by atoms with Gasteiger partial charge in [0, 0.05) is 58.4 Å². The number of pyridine rings is 3. The van der Waals surface area contributed by atoms with Gasteiger partial charge < -0.3 is 4.98 Å². The lowest BCUT2D eigenvalue weighted by atomic mass is 10.1. The van der Waals surface area contributed by atoms with Crippen LogP contribution in [0.5, 0.6) is 0 Å². The highest BCUT2D eigenvalue weighted by Gasteiger charge is 2.15. The minimum absolute atomic E-state index is 0.659. The predicted molar refractivity (Wildman–Crippen MR) is 110 cm³/mol. The first-order chi connectivity index (χ1) is 14.4. The van der Waals surface area contributed by atoms with Crippen LogP contribution in [0.15, 0.2) is 67.5 Å². The van der Waals surface area contributed by atoms with Gasteiger partial charge in [0.25, 0.3) is 0 Å². The molecule has 6 rings (SSSR count). The van der Waals surface area contributed by atoms with Crippen molar-refractivity contribution in [1.82, 2.24) is 40.3 Å². The molecule has 6 heterocycles. The number of nitrogens with one attached hydrogen (secondary N) is 3. The molecule has 6 aromatic rings. The largest absolute Gasteiger partial charge is 0.338 e.